The Morgan fingerprint density at radius 1 is 1.15 bits per heavy atom. The van der Waals surface area contributed by atoms with E-state index in [0.717, 1.165) is 22.0 Å². The zero-order valence-corrected chi connectivity index (χ0v) is 10.9. The van der Waals surface area contributed by atoms with Crippen molar-refractivity contribution < 1.29 is 9.13 Å². The number of fused-ring (bicyclic) bond motifs is 1. The molecule has 3 aromatic rings. The first-order chi connectivity index (χ1) is 9.78. The molecule has 102 valence electrons. The largest absolute Gasteiger partial charge is 0.486 e. The van der Waals surface area contributed by atoms with Crippen LogP contribution in [0.1, 0.15) is 11.1 Å². The van der Waals surface area contributed by atoms with Gasteiger partial charge in [-0.25, -0.2) is 4.39 Å². The third-order valence-corrected chi connectivity index (χ3v) is 3.29. The molecule has 1 heterocycles. The quantitative estimate of drug-likeness (QED) is 0.764. The number of nitrogens with two attached hydrogens (primary N) is 1. The second-order valence-electron chi connectivity index (χ2n) is 4.62. The molecule has 0 bridgehead atoms. The maximum Gasteiger partial charge on any atom is 0.165 e. The van der Waals surface area contributed by atoms with Gasteiger partial charge in [-0.3, -0.25) is 0 Å². The fourth-order valence-electron chi connectivity index (χ4n) is 2.19. The average Bonchev–Trinajstić information content (AvgIpc) is 2.88. The Balaban J connectivity index is 1.86. The summed E-state index contributed by atoms with van der Waals surface area (Å²) >= 11 is 0. The fourth-order valence-corrected chi connectivity index (χ4v) is 2.19. The number of aromatic amines is 1. The summed E-state index contributed by atoms with van der Waals surface area (Å²) in [6.45, 7) is 0.809. The molecule has 0 aliphatic heterocycles. The van der Waals surface area contributed by atoms with E-state index in [1.165, 1.54) is 6.07 Å². The van der Waals surface area contributed by atoms with Crippen LogP contribution in [0.5, 0.6) is 5.75 Å². The Labute approximate surface area is 116 Å². The number of ether oxygens (including phenoxy) is 1. The Morgan fingerprint density at radius 3 is 2.80 bits per heavy atom. The minimum Gasteiger partial charge on any atom is -0.486 e. The third kappa shape index (κ3) is 2.38. The molecule has 0 aliphatic rings. The van der Waals surface area contributed by atoms with Gasteiger partial charge in [-0.2, -0.15) is 0 Å². The maximum absolute atomic E-state index is 13.5. The van der Waals surface area contributed by atoms with E-state index in [2.05, 4.69) is 4.98 Å². The van der Waals surface area contributed by atoms with Crippen LogP contribution in [-0.4, -0.2) is 4.98 Å². The highest BCUT2D eigenvalue weighted by Gasteiger charge is 2.07. The van der Waals surface area contributed by atoms with E-state index in [4.69, 9.17) is 10.5 Å². The lowest BCUT2D eigenvalue weighted by molar-refractivity contribution is 0.291. The first-order valence-electron chi connectivity index (χ1n) is 6.44. The molecule has 0 spiro atoms. The van der Waals surface area contributed by atoms with Gasteiger partial charge in [-0.15, -0.1) is 0 Å². The molecular formula is C16H15FN2O. The molecule has 3 nitrogen and oxygen atoms in total. The summed E-state index contributed by atoms with van der Waals surface area (Å²) in [5.74, 6) is -0.0909. The van der Waals surface area contributed by atoms with E-state index < -0.39 is 0 Å². The standard InChI is InChI=1S/C16H15FN2O/c17-14-3-1-2-4-16(14)20-10-12-9-19-15-6-5-11(8-18)7-13(12)15/h1-7,9,19H,8,10,18H2. The van der Waals surface area contributed by atoms with Gasteiger partial charge < -0.3 is 15.5 Å². The second-order valence-corrected chi connectivity index (χ2v) is 4.62. The first-order valence-corrected chi connectivity index (χ1v) is 6.44. The van der Waals surface area contributed by atoms with Crippen molar-refractivity contribution in [3.63, 3.8) is 0 Å². The van der Waals surface area contributed by atoms with Crippen molar-refractivity contribution in [2.75, 3.05) is 0 Å². The molecule has 0 aliphatic carbocycles. The molecule has 0 radical (unpaired) electrons. The Kier molecular flexibility index (Phi) is 3.39. The molecule has 4 heteroatoms. The van der Waals surface area contributed by atoms with E-state index in [0.29, 0.717) is 13.2 Å². The molecular weight excluding hydrogens is 255 g/mol. The number of rotatable bonds is 4. The van der Waals surface area contributed by atoms with Gasteiger partial charge in [0, 0.05) is 29.2 Å². The summed E-state index contributed by atoms with van der Waals surface area (Å²) in [5.41, 5.74) is 8.72. The molecule has 2 aromatic carbocycles. The fraction of sp³-hybridized carbons (Fsp3) is 0.125. The van der Waals surface area contributed by atoms with Crippen molar-refractivity contribution in [1.82, 2.24) is 4.98 Å². The third-order valence-electron chi connectivity index (χ3n) is 3.29. The van der Waals surface area contributed by atoms with Crippen molar-refractivity contribution in [2.24, 2.45) is 5.73 Å². The minimum absolute atomic E-state index is 0.261. The predicted octanol–water partition coefficient (Wildman–Crippen LogP) is 3.34. The molecule has 3 rings (SSSR count). The van der Waals surface area contributed by atoms with Crippen molar-refractivity contribution in [2.45, 2.75) is 13.2 Å². The van der Waals surface area contributed by atoms with Gasteiger partial charge in [0.25, 0.3) is 0 Å². The van der Waals surface area contributed by atoms with Gasteiger partial charge in [0.2, 0.25) is 0 Å². The summed E-state index contributed by atoms with van der Waals surface area (Å²) in [4.78, 5) is 3.18. The van der Waals surface area contributed by atoms with E-state index in [-0.39, 0.29) is 11.6 Å². The minimum atomic E-state index is -0.352. The van der Waals surface area contributed by atoms with Crippen LogP contribution >= 0.6 is 0 Å². The number of halogens is 1. The number of hydrogen-bond donors (Lipinski definition) is 2. The molecule has 0 amide bonds. The summed E-state index contributed by atoms with van der Waals surface area (Å²) in [5, 5.41) is 1.06. The lowest BCUT2D eigenvalue weighted by Crippen LogP contribution is -1.98. The lowest BCUT2D eigenvalue weighted by atomic mass is 10.1. The highest BCUT2D eigenvalue weighted by Crippen LogP contribution is 2.23. The normalized spacial score (nSPS) is 10.9. The molecule has 3 N–H and O–H groups in total. The van der Waals surface area contributed by atoms with Crippen LogP contribution in [0.4, 0.5) is 4.39 Å². The second kappa shape index (κ2) is 5.35. The molecule has 0 fully saturated rings. The highest BCUT2D eigenvalue weighted by molar-refractivity contribution is 5.83. The van der Waals surface area contributed by atoms with Crippen LogP contribution in [0.3, 0.4) is 0 Å². The van der Waals surface area contributed by atoms with Gasteiger partial charge in [-0.05, 0) is 29.8 Å². The van der Waals surface area contributed by atoms with Crippen molar-refractivity contribution in [3.8, 4) is 5.75 Å². The molecule has 0 unspecified atom stereocenters. The number of nitrogens with one attached hydrogen (secondary N) is 1. The number of para-hydroxylation sites is 1. The van der Waals surface area contributed by atoms with E-state index in [1.807, 2.05) is 24.4 Å². The number of H-pyrrole nitrogens is 1. The maximum atomic E-state index is 13.5. The van der Waals surface area contributed by atoms with Crippen molar-refractivity contribution in [3.05, 3.63) is 65.6 Å². The SMILES string of the molecule is NCc1ccc2[nH]cc(COc3ccccc3F)c2c1. The predicted molar refractivity (Wildman–Crippen MR) is 76.9 cm³/mol. The first kappa shape index (κ1) is 12.7. The van der Waals surface area contributed by atoms with Gasteiger partial charge in [0.05, 0.1) is 0 Å². The summed E-state index contributed by atoms with van der Waals surface area (Å²) < 4.78 is 19.0. The Hall–Kier alpha value is -2.33. The smallest absolute Gasteiger partial charge is 0.165 e. The van der Waals surface area contributed by atoms with Gasteiger partial charge in [0.1, 0.15) is 6.61 Å². The number of aromatic nitrogens is 1. The number of benzene rings is 2. The van der Waals surface area contributed by atoms with E-state index in [9.17, 15) is 4.39 Å². The van der Waals surface area contributed by atoms with Crippen LogP contribution in [0.15, 0.2) is 48.7 Å². The van der Waals surface area contributed by atoms with Crippen LogP contribution in [0, 0.1) is 5.82 Å². The molecule has 0 atom stereocenters. The summed E-state index contributed by atoms with van der Waals surface area (Å²) in [7, 11) is 0. The zero-order valence-electron chi connectivity index (χ0n) is 10.9. The highest BCUT2D eigenvalue weighted by atomic mass is 19.1. The average molecular weight is 270 g/mol. The summed E-state index contributed by atoms with van der Waals surface area (Å²) in [6.07, 6.45) is 1.88. The Bertz CT molecular complexity index is 736. The van der Waals surface area contributed by atoms with Gasteiger partial charge in [0.15, 0.2) is 11.6 Å². The number of hydrogen-bond acceptors (Lipinski definition) is 2. The van der Waals surface area contributed by atoms with Crippen LogP contribution in [-0.2, 0) is 13.2 Å². The van der Waals surface area contributed by atoms with Crippen molar-refractivity contribution >= 4 is 10.9 Å². The van der Waals surface area contributed by atoms with Crippen LogP contribution < -0.4 is 10.5 Å². The van der Waals surface area contributed by atoms with Gasteiger partial charge >= 0.3 is 0 Å². The monoisotopic (exact) mass is 270 g/mol. The molecule has 1 aromatic heterocycles. The van der Waals surface area contributed by atoms with Crippen LogP contribution in [0.25, 0.3) is 10.9 Å². The van der Waals surface area contributed by atoms with Crippen molar-refractivity contribution in [1.29, 1.82) is 0 Å². The summed E-state index contributed by atoms with van der Waals surface area (Å²) in [6, 6.07) is 12.4. The molecule has 20 heavy (non-hydrogen) atoms. The molecule has 0 saturated heterocycles. The molecule has 0 saturated carbocycles. The van der Waals surface area contributed by atoms with E-state index in [1.54, 1.807) is 18.2 Å². The van der Waals surface area contributed by atoms with E-state index >= 15 is 0 Å². The topological polar surface area (TPSA) is 51.0 Å². The van der Waals surface area contributed by atoms with Crippen LogP contribution in [0.2, 0.25) is 0 Å². The van der Waals surface area contributed by atoms with Gasteiger partial charge in [-0.1, -0.05) is 18.2 Å². The Morgan fingerprint density at radius 2 is 2.00 bits per heavy atom. The lowest BCUT2D eigenvalue weighted by Gasteiger charge is -2.06. The zero-order chi connectivity index (χ0) is 13.9.